The van der Waals surface area contributed by atoms with Crippen molar-refractivity contribution in [2.24, 2.45) is 5.10 Å². The molecule has 0 atom stereocenters. The molecular formula is C23H22BrClFN5OS. The summed E-state index contributed by atoms with van der Waals surface area (Å²) in [6.07, 6.45) is 6.95. The number of aromatic nitrogens is 3. The summed E-state index contributed by atoms with van der Waals surface area (Å²) in [5.74, 6) is 0.174. The van der Waals surface area contributed by atoms with E-state index in [1.165, 1.54) is 30.5 Å². The molecule has 1 saturated carbocycles. The first kappa shape index (κ1) is 23.9. The molecule has 10 heteroatoms. The predicted molar refractivity (Wildman–Crippen MR) is 133 cm³/mol. The highest BCUT2D eigenvalue weighted by atomic mass is 79.9. The summed E-state index contributed by atoms with van der Waals surface area (Å²) in [5, 5.41) is 14.0. The number of amides is 1. The summed E-state index contributed by atoms with van der Waals surface area (Å²) in [7, 11) is 0. The number of hydrogen-bond donors (Lipinski definition) is 1. The van der Waals surface area contributed by atoms with E-state index in [0.29, 0.717) is 16.2 Å². The van der Waals surface area contributed by atoms with Gasteiger partial charge in [0.2, 0.25) is 0 Å². The molecule has 1 heterocycles. The van der Waals surface area contributed by atoms with E-state index >= 15 is 0 Å². The summed E-state index contributed by atoms with van der Waals surface area (Å²) in [5.41, 5.74) is 3.67. The summed E-state index contributed by atoms with van der Waals surface area (Å²) in [4.78, 5) is 12.3. The van der Waals surface area contributed by atoms with Gasteiger partial charge < -0.3 is 0 Å². The maximum Gasteiger partial charge on any atom is 0.250 e. The molecule has 3 aromatic rings. The van der Waals surface area contributed by atoms with Gasteiger partial charge in [0.25, 0.3) is 5.91 Å². The van der Waals surface area contributed by atoms with Crippen LogP contribution < -0.4 is 5.43 Å². The van der Waals surface area contributed by atoms with Gasteiger partial charge in [-0.2, -0.15) is 5.10 Å². The van der Waals surface area contributed by atoms with Crippen LogP contribution in [0.5, 0.6) is 0 Å². The average Bonchev–Trinajstić information content (AvgIpc) is 3.25. The number of benzene rings is 2. The van der Waals surface area contributed by atoms with Crippen molar-refractivity contribution in [2.45, 2.75) is 43.3 Å². The minimum atomic E-state index is -0.416. The zero-order valence-electron chi connectivity index (χ0n) is 17.7. The number of carbonyl (C=O) groups is 1. The number of hydrogen-bond acceptors (Lipinski definition) is 5. The van der Waals surface area contributed by atoms with Gasteiger partial charge >= 0.3 is 0 Å². The Balaban J connectivity index is 1.46. The van der Waals surface area contributed by atoms with Gasteiger partial charge in [0.05, 0.1) is 12.0 Å². The van der Waals surface area contributed by atoms with E-state index in [9.17, 15) is 9.18 Å². The fourth-order valence-corrected chi connectivity index (χ4v) is 5.09. The Morgan fingerprint density at radius 3 is 2.73 bits per heavy atom. The molecule has 0 aliphatic heterocycles. The van der Waals surface area contributed by atoms with Crippen molar-refractivity contribution in [1.82, 2.24) is 20.2 Å². The zero-order valence-corrected chi connectivity index (χ0v) is 20.8. The van der Waals surface area contributed by atoms with Gasteiger partial charge in [-0.15, -0.1) is 10.2 Å². The van der Waals surface area contributed by atoms with Gasteiger partial charge in [-0.1, -0.05) is 58.6 Å². The number of halogens is 3. The molecule has 1 aliphatic carbocycles. The Morgan fingerprint density at radius 2 is 1.97 bits per heavy atom. The first-order chi connectivity index (χ1) is 16.0. The van der Waals surface area contributed by atoms with Gasteiger partial charge in [-0.05, 0) is 55.3 Å². The highest BCUT2D eigenvalue weighted by Crippen LogP contribution is 2.35. The molecule has 1 amide bonds. The smallest absolute Gasteiger partial charge is 0.250 e. The Hall–Kier alpha value is -2.23. The third-order valence-electron chi connectivity index (χ3n) is 5.39. The lowest BCUT2D eigenvalue weighted by Gasteiger charge is -2.25. The first-order valence-electron chi connectivity index (χ1n) is 10.6. The summed E-state index contributed by atoms with van der Waals surface area (Å²) in [6, 6.07) is 12.4. The molecular weight excluding hydrogens is 529 g/mol. The van der Waals surface area contributed by atoms with Gasteiger partial charge in [0, 0.05) is 26.7 Å². The number of rotatable bonds is 7. The first-order valence-corrected chi connectivity index (χ1v) is 12.8. The Bertz CT molecular complexity index is 1150. The fraction of sp³-hybridized carbons (Fsp3) is 0.304. The molecule has 1 N–H and O–H groups in total. The Kier molecular flexibility index (Phi) is 8.16. The van der Waals surface area contributed by atoms with Crippen molar-refractivity contribution in [3.8, 4) is 11.4 Å². The third kappa shape index (κ3) is 6.22. The minimum Gasteiger partial charge on any atom is -0.299 e. The van der Waals surface area contributed by atoms with Crippen LogP contribution in [0.3, 0.4) is 0 Å². The van der Waals surface area contributed by atoms with Crippen LogP contribution in [-0.2, 0) is 4.79 Å². The molecule has 0 bridgehead atoms. The molecule has 33 heavy (non-hydrogen) atoms. The lowest BCUT2D eigenvalue weighted by molar-refractivity contribution is -0.118. The van der Waals surface area contributed by atoms with Crippen molar-refractivity contribution in [1.29, 1.82) is 0 Å². The number of carbonyl (C=O) groups excluding carboxylic acids is 1. The summed E-state index contributed by atoms with van der Waals surface area (Å²) >= 11 is 10.7. The second-order valence-electron chi connectivity index (χ2n) is 7.72. The largest absolute Gasteiger partial charge is 0.299 e. The van der Waals surface area contributed by atoms with Crippen molar-refractivity contribution >= 4 is 51.4 Å². The van der Waals surface area contributed by atoms with E-state index in [0.717, 1.165) is 41.5 Å². The lowest BCUT2D eigenvalue weighted by Crippen LogP contribution is -2.21. The molecule has 0 saturated heterocycles. The van der Waals surface area contributed by atoms with Gasteiger partial charge in [-0.25, -0.2) is 9.82 Å². The van der Waals surface area contributed by atoms with E-state index in [1.54, 1.807) is 12.1 Å². The van der Waals surface area contributed by atoms with Crippen LogP contribution >= 0.6 is 39.3 Å². The highest BCUT2D eigenvalue weighted by Gasteiger charge is 2.24. The highest BCUT2D eigenvalue weighted by molar-refractivity contribution is 9.10. The number of nitrogens with one attached hydrogen (secondary N) is 1. The maximum absolute atomic E-state index is 13.8. The predicted octanol–water partition coefficient (Wildman–Crippen LogP) is 6.25. The van der Waals surface area contributed by atoms with E-state index in [2.05, 4.69) is 41.2 Å². The molecule has 2 aromatic carbocycles. The van der Waals surface area contributed by atoms with Crippen LogP contribution in [-0.4, -0.2) is 32.6 Å². The SMILES string of the molecule is O=C(CSc1nnc(-c2ccc(Cl)cc2)n1C1CCCCC1)N/N=C/c1cc(Br)ccc1F. The lowest BCUT2D eigenvalue weighted by atomic mass is 9.95. The summed E-state index contributed by atoms with van der Waals surface area (Å²) < 4.78 is 16.7. The van der Waals surface area contributed by atoms with Crippen LogP contribution in [0, 0.1) is 5.82 Å². The Morgan fingerprint density at radius 1 is 1.21 bits per heavy atom. The maximum atomic E-state index is 13.8. The van der Waals surface area contributed by atoms with Crippen molar-refractivity contribution in [3.63, 3.8) is 0 Å². The second-order valence-corrected chi connectivity index (χ2v) is 10.0. The van der Waals surface area contributed by atoms with Gasteiger partial charge in [0.1, 0.15) is 5.82 Å². The molecule has 1 fully saturated rings. The number of hydrazone groups is 1. The van der Waals surface area contributed by atoms with Gasteiger partial charge in [0.15, 0.2) is 11.0 Å². The molecule has 172 valence electrons. The Labute approximate surface area is 209 Å². The average molecular weight is 551 g/mol. The van der Waals surface area contributed by atoms with Crippen LogP contribution in [0.4, 0.5) is 4.39 Å². The van der Waals surface area contributed by atoms with Crippen LogP contribution in [0.25, 0.3) is 11.4 Å². The zero-order chi connectivity index (χ0) is 23.2. The molecule has 0 spiro atoms. The molecule has 0 radical (unpaired) electrons. The quantitative estimate of drug-likeness (QED) is 0.214. The van der Waals surface area contributed by atoms with E-state index in [1.807, 2.05) is 24.3 Å². The van der Waals surface area contributed by atoms with E-state index < -0.39 is 5.82 Å². The van der Waals surface area contributed by atoms with Crippen LogP contribution in [0.2, 0.25) is 5.02 Å². The third-order valence-corrected chi connectivity index (χ3v) is 7.08. The number of thioether (sulfide) groups is 1. The molecule has 6 nitrogen and oxygen atoms in total. The van der Waals surface area contributed by atoms with E-state index in [-0.39, 0.29) is 17.2 Å². The minimum absolute atomic E-state index is 0.115. The standard InChI is InChI=1S/C23H22BrClFN5OS/c24-17-8-11-20(26)16(12-17)13-27-28-21(32)14-33-23-30-29-22(15-6-9-18(25)10-7-15)31(23)19-4-2-1-3-5-19/h6-13,19H,1-5,14H2,(H,28,32)/b27-13+. The molecule has 0 unspecified atom stereocenters. The normalized spacial score (nSPS) is 14.6. The topological polar surface area (TPSA) is 72.2 Å². The van der Waals surface area contributed by atoms with Crippen molar-refractivity contribution in [2.75, 3.05) is 5.75 Å². The summed E-state index contributed by atoms with van der Waals surface area (Å²) in [6.45, 7) is 0. The second kappa shape index (κ2) is 11.3. The van der Waals surface area contributed by atoms with Crippen molar-refractivity contribution in [3.05, 3.63) is 63.3 Å². The number of nitrogens with zero attached hydrogens (tertiary/aromatic N) is 4. The molecule has 1 aliphatic rings. The van der Waals surface area contributed by atoms with Crippen LogP contribution in [0.1, 0.15) is 43.7 Å². The van der Waals surface area contributed by atoms with E-state index in [4.69, 9.17) is 11.6 Å². The monoisotopic (exact) mass is 549 g/mol. The van der Waals surface area contributed by atoms with Crippen LogP contribution in [0.15, 0.2) is 57.2 Å². The van der Waals surface area contributed by atoms with Gasteiger partial charge in [-0.3, -0.25) is 9.36 Å². The fourth-order valence-electron chi connectivity index (χ4n) is 3.79. The molecule has 4 rings (SSSR count). The molecule has 1 aromatic heterocycles. The van der Waals surface area contributed by atoms with Crippen molar-refractivity contribution < 1.29 is 9.18 Å².